The summed E-state index contributed by atoms with van der Waals surface area (Å²) in [7, 11) is 0. The summed E-state index contributed by atoms with van der Waals surface area (Å²) in [6.07, 6.45) is 0.804. The summed E-state index contributed by atoms with van der Waals surface area (Å²) < 4.78 is 7.55. The van der Waals surface area contributed by atoms with Crippen LogP contribution in [0.4, 0.5) is 0 Å². The first-order valence-electron chi connectivity index (χ1n) is 6.27. The second-order valence-corrected chi connectivity index (χ2v) is 4.03. The fourth-order valence-corrected chi connectivity index (χ4v) is 2.10. The molecule has 0 aliphatic rings. The largest absolute Gasteiger partial charge is 0.381 e. The molecule has 1 aromatic heterocycles. The van der Waals surface area contributed by atoms with Crippen molar-refractivity contribution in [2.45, 2.75) is 26.8 Å². The molecular formula is C14H17N3O. The Bertz CT molecular complexity index is 580. The normalized spacial score (nSPS) is 10.7. The van der Waals surface area contributed by atoms with Gasteiger partial charge in [-0.1, -0.05) is 0 Å². The van der Waals surface area contributed by atoms with Gasteiger partial charge in [-0.15, -0.1) is 0 Å². The van der Waals surface area contributed by atoms with Gasteiger partial charge in [-0.25, -0.2) is 4.98 Å². The van der Waals surface area contributed by atoms with Crippen molar-refractivity contribution in [3.8, 4) is 6.07 Å². The van der Waals surface area contributed by atoms with Crippen LogP contribution in [0.2, 0.25) is 0 Å². The molecule has 4 nitrogen and oxygen atoms in total. The van der Waals surface area contributed by atoms with Crippen molar-refractivity contribution in [3.63, 3.8) is 0 Å². The van der Waals surface area contributed by atoms with Crippen molar-refractivity contribution in [1.82, 2.24) is 9.55 Å². The molecule has 2 rings (SSSR count). The van der Waals surface area contributed by atoms with Gasteiger partial charge in [0.25, 0.3) is 0 Å². The van der Waals surface area contributed by atoms with Crippen molar-refractivity contribution < 1.29 is 4.74 Å². The summed E-state index contributed by atoms with van der Waals surface area (Å²) in [6, 6.07) is 7.79. The van der Waals surface area contributed by atoms with E-state index in [0.717, 1.165) is 36.4 Å². The number of rotatable bonds is 5. The molecule has 18 heavy (non-hydrogen) atoms. The fourth-order valence-electron chi connectivity index (χ4n) is 2.10. The van der Waals surface area contributed by atoms with Crippen LogP contribution >= 0.6 is 0 Å². The summed E-state index contributed by atoms with van der Waals surface area (Å²) in [6.45, 7) is 6.38. The van der Waals surface area contributed by atoms with Crippen molar-refractivity contribution in [2.75, 3.05) is 13.2 Å². The van der Waals surface area contributed by atoms with E-state index in [1.165, 1.54) is 0 Å². The van der Waals surface area contributed by atoms with Crippen molar-refractivity contribution in [1.29, 1.82) is 5.26 Å². The van der Waals surface area contributed by atoms with Gasteiger partial charge in [-0.2, -0.15) is 5.26 Å². The minimum absolute atomic E-state index is 0.652. The third kappa shape index (κ3) is 2.36. The quantitative estimate of drug-likeness (QED) is 0.758. The van der Waals surface area contributed by atoms with Gasteiger partial charge in [0.1, 0.15) is 5.82 Å². The van der Waals surface area contributed by atoms with E-state index in [1.807, 2.05) is 25.1 Å². The maximum Gasteiger partial charge on any atom is 0.112 e. The maximum atomic E-state index is 8.90. The Morgan fingerprint density at radius 2 is 2.22 bits per heavy atom. The Morgan fingerprint density at radius 3 is 2.89 bits per heavy atom. The number of hydrogen-bond donors (Lipinski definition) is 0. The average Bonchev–Trinajstić information content (AvgIpc) is 2.75. The van der Waals surface area contributed by atoms with Gasteiger partial charge in [0.15, 0.2) is 0 Å². The summed E-state index contributed by atoms with van der Waals surface area (Å²) in [5.74, 6) is 1.02. The van der Waals surface area contributed by atoms with Crippen molar-refractivity contribution >= 4 is 11.0 Å². The molecule has 94 valence electrons. The molecule has 0 saturated heterocycles. The van der Waals surface area contributed by atoms with E-state index >= 15 is 0 Å². The Kier molecular flexibility index (Phi) is 3.96. The lowest BCUT2D eigenvalue weighted by Gasteiger charge is -2.05. The minimum Gasteiger partial charge on any atom is -0.381 e. The molecule has 4 heteroatoms. The van der Waals surface area contributed by atoms with E-state index in [4.69, 9.17) is 10.00 Å². The van der Waals surface area contributed by atoms with Crippen LogP contribution in [0, 0.1) is 11.3 Å². The highest BCUT2D eigenvalue weighted by Gasteiger charge is 2.09. The molecule has 0 atom stereocenters. The predicted molar refractivity (Wildman–Crippen MR) is 70.3 cm³/mol. The Balaban J connectivity index is 2.37. The average molecular weight is 243 g/mol. The standard InChI is InChI=1S/C14H17N3O/c1-3-17-13-6-5-11(10-15)9-12(13)16-14(17)7-8-18-4-2/h5-6,9H,3-4,7-8H2,1-2H3. The molecule has 0 bridgehead atoms. The molecule has 1 heterocycles. The SMILES string of the molecule is CCOCCc1nc2cc(C#N)ccc2n1CC. The number of aromatic nitrogens is 2. The van der Waals surface area contributed by atoms with Gasteiger partial charge in [-0.3, -0.25) is 0 Å². The zero-order valence-electron chi connectivity index (χ0n) is 10.8. The zero-order valence-corrected chi connectivity index (χ0v) is 10.8. The lowest BCUT2D eigenvalue weighted by Crippen LogP contribution is -2.06. The van der Waals surface area contributed by atoms with Crippen molar-refractivity contribution in [2.24, 2.45) is 0 Å². The van der Waals surface area contributed by atoms with Crippen LogP contribution in [0.3, 0.4) is 0 Å². The Morgan fingerprint density at radius 1 is 1.39 bits per heavy atom. The number of imidazole rings is 1. The van der Waals surface area contributed by atoms with Gasteiger partial charge in [0, 0.05) is 19.6 Å². The van der Waals surface area contributed by atoms with Gasteiger partial charge in [-0.05, 0) is 32.0 Å². The topological polar surface area (TPSA) is 50.8 Å². The molecular weight excluding hydrogens is 226 g/mol. The molecule has 0 aliphatic heterocycles. The number of benzene rings is 1. The van der Waals surface area contributed by atoms with E-state index in [2.05, 4.69) is 22.5 Å². The van der Waals surface area contributed by atoms with Gasteiger partial charge < -0.3 is 9.30 Å². The monoisotopic (exact) mass is 243 g/mol. The first-order valence-corrected chi connectivity index (χ1v) is 6.27. The Labute approximate surface area is 107 Å². The number of nitrogens with zero attached hydrogens (tertiary/aromatic N) is 3. The van der Waals surface area contributed by atoms with Crippen molar-refractivity contribution in [3.05, 3.63) is 29.6 Å². The molecule has 0 aliphatic carbocycles. The highest BCUT2D eigenvalue weighted by molar-refractivity contribution is 5.77. The number of aryl methyl sites for hydroxylation is 1. The molecule has 0 radical (unpaired) electrons. The summed E-state index contributed by atoms with van der Waals surface area (Å²) >= 11 is 0. The zero-order chi connectivity index (χ0) is 13.0. The molecule has 0 spiro atoms. The van der Waals surface area contributed by atoms with Gasteiger partial charge in [0.05, 0.1) is 29.3 Å². The third-order valence-electron chi connectivity index (χ3n) is 2.95. The van der Waals surface area contributed by atoms with E-state index in [0.29, 0.717) is 12.2 Å². The number of nitriles is 1. The van der Waals surface area contributed by atoms with Crippen LogP contribution in [0.5, 0.6) is 0 Å². The van der Waals surface area contributed by atoms with E-state index in [1.54, 1.807) is 0 Å². The van der Waals surface area contributed by atoms with Crippen LogP contribution in [-0.2, 0) is 17.7 Å². The number of ether oxygens (including phenoxy) is 1. The molecule has 0 amide bonds. The lowest BCUT2D eigenvalue weighted by molar-refractivity contribution is 0.149. The van der Waals surface area contributed by atoms with Gasteiger partial charge in [0.2, 0.25) is 0 Å². The third-order valence-corrected chi connectivity index (χ3v) is 2.95. The van der Waals surface area contributed by atoms with Crippen LogP contribution in [0.15, 0.2) is 18.2 Å². The first kappa shape index (κ1) is 12.6. The second-order valence-electron chi connectivity index (χ2n) is 4.03. The highest BCUT2D eigenvalue weighted by Crippen LogP contribution is 2.18. The molecule has 0 fully saturated rings. The fraction of sp³-hybridized carbons (Fsp3) is 0.429. The summed E-state index contributed by atoms with van der Waals surface area (Å²) in [5.41, 5.74) is 2.63. The minimum atomic E-state index is 0.652. The van der Waals surface area contributed by atoms with Crippen LogP contribution < -0.4 is 0 Å². The van der Waals surface area contributed by atoms with Gasteiger partial charge >= 0.3 is 0 Å². The number of hydrogen-bond acceptors (Lipinski definition) is 3. The smallest absolute Gasteiger partial charge is 0.112 e. The summed E-state index contributed by atoms with van der Waals surface area (Å²) in [5, 5.41) is 8.90. The predicted octanol–water partition coefficient (Wildman–Crippen LogP) is 2.51. The molecule has 0 unspecified atom stereocenters. The summed E-state index contributed by atoms with van der Waals surface area (Å²) in [4.78, 5) is 4.60. The molecule has 0 saturated carbocycles. The number of fused-ring (bicyclic) bond motifs is 1. The lowest BCUT2D eigenvalue weighted by atomic mass is 10.2. The van der Waals surface area contributed by atoms with Crippen LogP contribution in [0.25, 0.3) is 11.0 Å². The van der Waals surface area contributed by atoms with E-state index < -0.39 is 0 Å². The molecule has 1 aromatic carbocycles. The molecule has 2 aromatic rings. The maximum absolute atomic E-state index is 8.90. The van der Waals surface area contributed by atoms with Crippen LogP contribution in [-0.4, -0.2) is 22.8 Å². The second kappa shape index (κ2) is 5.65. The van der Waals surface area contributed by atoms with Crippen LogP contribution in [0.1, 0.15) is 25.2 Å². The Hall–Kier alpha value is -1.86. The van der Waals surface area contributed by atoms with E-state index in [-0.39, 0.29) is 0 Å². The van der Waals surface area contributed by atoms with E-state index in [9.17, 15) is 0 Å². The molecule has 0 N–H and O–H groups in total. The highest BCUT2D eigenvalue weighted by atomic mass is 16.5. The first-order chi connectivity index (χ1) is 8.80.